The number of benzene rings is 2. The summed E-state index contributed by atoms with van der Waals surface area (Å²) in [6, 6.07) is 6.32. The van der Waals surface area contributed by atoms with E-state index in [1.807, 2.05) is 0 Å². The Labute approximate surface area is 180 Å². The van der Waals surface area contributed by atoms with E-state index in [2.05, 4.69) is 14.5 Å². The number of hydrogen-bond acceptors (Lipinski definition) is 7. The lowest BCUT2D eigenvalue weighted by atomic mass is 9.96. The maximum atomic E-state index is 12.9. The van der Waals surface area contributed by atoms with Gasteiger partial charge in [0, 0.05) is 16.7 Å². The number of hydrogen-bond donors (Lipinski definition) is 0. The summed E-state index contributed by atoms with van der Waals surface area (Å²) >= 11 is 0. The Morgan fingerprint density at radius 2 is 1.24 bits per heavy atom. The van der Waals surface area contributed by atoms with E-state index in [0.717, 1.165) is 19.1 Å². The van der Waals surface area contributed by atoms with Crippen LogP contribution in [0.3, 0.4) is 0 Å². The molecule has 164 valence electrons. The van der Waals surface area contributed by atoms with Gasteiger partial charge in [0.1, 0.15) is 23.8 Å². The SMILES string of the molecule is Cc1c(OC(F)(F)F)c(C#N)cc2c1/C(=N/C#N)c1c-2cc(C#N)c(OC(F)(F)F)c1C#N. The van der Waals surface area contributed by atoms with Crippen molar-refractivity contribution in [2.45, 2.75) is 19.6 Å². The van der Waals surface area contributed by atoms with Crippen LogP contribution in [0, 0.1) is 52.4 Å². The van der Waals surface area contributed by atoms with Gasteiger partial charge >= 0.3 is 12.7 Å². The first-order valence-corrected chi connectivity index (χ1v) is 8.45. The highest BCUT2D eigenvalue weighted by Gasteiger charge is 2.40. The van der Waals surface area contributed by atoms with Crippen LogP contribution in [-0.2, 0) is 0 Å². The van der Waals surface area contributed by atoms with Crippen molar-refractivity contribution < 1.29 is 35.8 Å². The largest absolute Gasteiger partial charge is 0.573 e. The van der Waals surface area contributed by atoms with E-state index in [1.54, 1.807) is 0 Å². The number of halogens is 6. The molecule has 0 bridgehead atoms. The average molecular weight is 461 g/mol. The molecule has 0 atom stereocenters. The first kappa shape index (κ1) is 22.9. The molecule has 0 saturated heterocycles. The van der Waals surface area contributed by atoms with Crippen molar-refractivity contribution in [2.75, 3.05) is 0 Å². The van der Waals surface area contributed by atoms with Crippen LogP contribution >= 0.6 is 0 Å². The zero-order valence-electron chi connectivity index (χ0n) is 16.0. The van der Waals surface area contributed by atoms with Crippen molar-refractivity contribution >= 4 is 5.71 Å². The van der Waals surface area contributed by atoms with Gasteiger partial charge in [0.05, 0.1) is 16.8 Å². The average Bonchev–Trinajstić information content (AvgIpc) is 3.01. The minimum absolute atomic E-state index is 0.0332. The van der Waals surface area contributed by atoms with Crippen molar-refractivity contribution in [3.63, 3.8) is 0 Å². The summed E-state index contributed by atoms with van der Waals surface area (Å²) in [5.41, 5.74) is -3.55. The van der Waals surface area contributed by atoms with Crippen LogP contribution in [0.25, 0.3) is 11.1 Å². The quantitative estimate of drug-likeness (QED) is 0.402. The van der Waals surface area contributed by atoms with Gasteiger partial charge in [0.2, 0.25) is 6.19 Å². The van der Waals surface area contributed by atoms with Gasteiger partial charge in [-0.15, -0.1) is 26.3 Å². The van der Waals surface area contributed by atoms with Gasteiger partial charge in [-0.25, -0.2) is 0 Å². The Morgan fingerprint density at radius 3 is 1.70 bits per heavy atom. The highest BCUT2D eigenvalue weighted by Crippen LogP contribution is 2.48. The van der Waals surface area contributed by atoms with Crippen molar-refractivity contribution in [2.24, 2.45) is 4.99 Å². The third-order valence-corrected chi connectivity index (χ3v) is 4.51. The first-order chi connectivity index (χ1) is 15.4. The van der Waals surface area contributed by atoms with Gasteiger partial charge in [-0.2, -0.15) is 26.0 Å². The van der Waals surface area contributed by atoms with Crippen LogP contribution in [0.1, 0.15) is 33.4 Å². The molecular weight excluding hydrogens is 456 g/mol. The summed E-state index contributed by atoms with van der Waals surface area (Å²) in [6.07, 6.45) is -9.10. The molecule has 1 aliphatic rings. The molecule has 0 spiro atoms. The topological polar surface area (TPSA) is 126 Å². The van der Waals surface area contributed by atoms with Crippen molar-refractivity contribution in [3.8, 4) is 47.0 Å². The van der Waals surface area contributed by atoms with Crippen LogP contribution in [0.4, 0.5) is 26.3 Å². The van der Waals surface area contributed by atoms with Crippen LogP contribution < -0.4 is 9.47 Å². The normalized spacial score (nSPS) is 13.2. The van der Waals surface area contributed by atoms with E-state index in [1.165, 1.54) is 24.4 Å². The van der Waals surface area contributed by atoms with Crippen LogP contribution in [0.5, 0.6) is 11.5 Å². The number of nitrogens with zero attached hydrogens (tertiary/aromatic N) is 5. The molecule has 1 aliphatic carbocycles. The Balaban J connectivity index is 2.48. The van der Waals surface area contributed by atoms with Crippen LogP contribution in [0.15, 0.2) is 17.1 Å². The highest BCUT2D eigenvalue weighted by molar-refractivity contribution is 6.27. The Hall–Kier alpha value is -4.75. The van der Waals surface area contributed by atoms with Crippen LogP contribution in [-0.4, -0.2) is 18.4 Å². The fraction of sp³-hybridized carbons (Fsp3) is 0.150. The molecule has 0 aromatic heterocycles. The van der Waals surface area contributed by atoms with Crippen molar-refractivity contribution in [1.29, 1.82) is 21.0 Å². The van der Waals surface area contributed by atoms with E-state index in [4.69, 9.17) is 5.26 Å². The van der Waals surface area contributed by atoms with E-state index in [9.17, 15) is 42.1 Å². The molecule has 0 saturated carbocycles. The second kappa shape index (κ2) is 7.74. The summed E-state index contributed by atoms with van der Waals surface area (Å²) in [7, 11) is 0. The fourth-order valence-corrected chi connectivity index (χ4v) is 3.47. The van der Waals surface area contributed by atoms with Gasteiger partial charge in [-0.3, -0.25) is 0 Å². The molecule has 0 unspecified atom stereocenters. The van der Waals surface area contributed by atoms with Gasteiger partial charge in [-0.1, -0.05) is 0 Å². The van der Waals surface area contributed by atoms with Gasteiger partial charge in [-0.05, 0) is 30.2 Å². The van der Waals surface area contributed by atoms with Crippen LogP contribution in [0.2, 0.25) is 0 Å². The number of ether oxygens (including phenoxy) is 2. The number of aliphatic imine (C=N–C) groups is 1. The molecule has 13 heteroatoms. The number of rotatable bonds is 2. The zero-order chi connectivity index (χ0) is 24.7. The van der Waals surface area contributed by atoms with E-state index in [-0.39, 0.29) is 27.8 Å². The van der Waals surface area contributed by atoms with Crippen molar-refractivity contribution in [3.05, 3.63) is 45.5 Å². The smallest absolute Gasteiger partial charge is 0.404 e. The summed E-state index contributed by atoms with van der Waals surface area (Å²) in [6.45, 7) is 1.11. The third kappa shape index (κ3) is 3.96. The van der Waals surface area contributed by atoms with Gasteiger partial charge in [0.15, 0.2) is 11.5 Å². The van der Waals surface area contributed by atoms with Gasteiger partial charge in [0.25, 0.3) is 0 Å². The lowest BCUT2D eigenvalue weighted by Crippen LogP contribution is -2.20. The summed E-state index contributed by atoms with van der Waals surface area (Å²) in [4.78, 5) is 3.49. The second-order valence-corrected chi connectivity index (χ2v) is 6.34. The standard InChI is InChI=1S/C20H5F6N5O2/c1-8-14-11(2-9(4-27)17(8)32-19(21,22)23)12-3-10(5-28)18(33-20(24,25)26)13(6-29)15(12)16(14)31-7-30/h2-3H,1H3/b31-16-. The Kier molecular flexibility index (Phi) is 5.38. The lowest BCUT2D eigenvalue weighted by molar-refractivity contribution is -0.275. The molecule has 0 heterocycles. The fourth-order valence-electron chi connectivity index (χ4n) is 3.47. The molecule has 0 aliphatic heterocycles. The zero-order valence-corrected chi connectivity index (χ0v) is 16.0. The maximum absolute atomic E-state index is 12.9. The minimum atomic E-state index is -5.29. The molecule has 2 aromatic rings. The maximum Gasteiger partial charge on any atom is 0.573 e. The minimum Gasteiger partial charge on any atom is -0.404 e. The predicted octanol–water partition coefficient (Wildman–Crippen LogP) is 4.71. The summed E-state index contributed by atoms with van der Waals surface area (Å²) in [5, 5.41) is 37.3. The Morgan fingerprint density at radius 1 is 0.758 bits per heavy atom. The molecular formula is C20H5F6N5O2. The summed E-state index contributed by atoms with van der Waals surface area (Å²) < 4.78 is 85.3. The number of alkyl halides is 6. The molecule has 0 N–H and O–H groups in total. The first-order valence-electron chi connectivity index (χ1n) is 8.45. The molecule has 2 aromatic carbocycles. The highest BCUT2D eigenvalue weighted by atomic mass is 19.4. The van der Waals surface area contributed by atoms with Gasteiger partial charge < -0.3 is 9.47 Å². The van der Waals surface area contributed by atoms with E-state index in [0.29, 0.717) is 0 Å². The Bertz CT molecular complexity index is 1400. The molecule has 0 amide bonds. The molecule has 3 rings (SSSR count). The molecule has 0 fully saturated rings. The number of fused-ring (bicyclic) bond motifs is 3. The monoisotopic (exact) mass is 461 g/mol. The number of nitriles is 4. The molecule has 33 heavy (non-hydrogen) atoms. The third-order valence-electron chi connectivity index (χ3n) is 4.51. The van der Waals surface area contributed by atoms with Crippen molar-refractivity contribution in [1.82, 2.24) is 0 Å². The summed E-state index contributed by atoms with van der Waals surface area (Å²) in [5.74, 6) is -2.07. The van der Waals surface area contributed by atoms with E-state index >= 15 is 0 Å². The van der Waals surface area contributed by atoms with E-state index < -0.39 is 46.6 Å². The second-order valence-electron chi connectivity index (χ2n) is 6.34. The molecule has 0 radical (unpaired) electrons. The lowest BCUT2D eigenvalue weighted by Gasteiger charge is -2.16. The predicted molar refractivity (Wildman–Crippen MR) is 95.4 cm³/mol. The molecule has 7 nitrogen and oxygen atoms in total.